The van der Waals surface area contributed by atoms with Gasteiger partial charge in [-0.15, -0.1) is 0 Å². The predicted octanol–water partition coefficient (Wildman–Crippen LogP) is 22.0. The summed E-state index contributed by atoms with van der Waals surface area (Å²) in [5, 5.41) is 10.6. The number of ether oxygens (including phenoxy) is 4. The fourth-order valence-corrected chi connectivity index (χ4v) is 13.1. The molecule has 0 fully saturated rings. The zero-order valence-electron chi connectivity index (χ0n) is 62.3. The van der Waals surface area contributed by atoms with Crippen molar-refractivity contribution in [1.82, 2.24) is 0 Å². The molecule has 0 aromatic rings. The van der Waals surface area contributed by atoms with Crippen molar-refractivity contribution in [2.24, 2.45) is 23.7 Å². The summed E-state index contributed by atoms with van der Waals surface area (Å²) in [6, 6.07) is 0. The number of hydrogen-bond donors (Lipinski definition) is 3. The number of esters is 4. The van der Waals surface area contributed by atoms with Crippen molar-refractivity contribution >= 4 is 39.5 Å². The van der Waals surface area contributed by atoms with Gasteiger partial charge in [0.2, 0.25) is 0 Å². The third kappa shape index (κ3) is 67.6. The van der Waals surface area contributed by atoms with Crippen LogP contribution in [0.25, 0.3) is 0 Å². The Hall–Kier alpha value is -1.94. The lowest BCUT2D eigenvalue weighted by molar-refractivity contribution is -0.161. The van der Waals surface area contributed by atoms with E-state index in [2.05, 4.69) is 55.4 Å². The van der Waals surface area contributed by atoms with Crippen LogP contribution >= 0.6 is 15.6 Å². The SMILES string of the molecule is CCC(C)CCCCCCCCCCC(=O)O[C@H](COC(=O)CCCCCCCCCCCCCCCCCCCCC(C)C)COP(=O)(O)OCC(O)COP(=O)(O)OC[C@@H](COC(=O)CCCCCCCCCC(C)C)OC(=O)CCCCCCCCCCC(C)CC. The second-order valence-electron chi connectivity index (χ2n) is 28.8. The summed E-state index contributed by atoms with van der Waals surface area (Å²) in [4.78, 5) is 72.7. The van der Waals surface area contributed by atoms with E-state index < -0.39 is 97.5 Å². The fraction of sp³-hybridized carbons (Fsp3) is 0.947. The maximum Gasteiger partial charge on any atom is 0.472 e. The van der Waals surface area contributed by atoms with Crippen LogP contribution in [-0.4, -0.2) is 96.7 Å². The minimum atomic E-state index is -4.96. The first-order valence-corrected chi connectivity index (χ1v) is 42.3. The summed E-state index contributed by atoms with van der Waals surface area (Å²) in [6.45, 7) is 14.2. The quantitative estimate of drug-likeness (QED) is 0.0222. The molecule has 0 aliphatic carbocycles. The van der Waals surface area contributed by atoms with E-state index in [9.17, 15) is 43.2 Å². The van der Waals surface area contributed by atoms with Gasteiger partial charge in [-0.1, -0.05) is 331 Å². The molecule has 0 aromatic carbocycles. The van der Waals surface area contributed by atoms with E-state index in [1.807, 2.05) is 0 Å². The molecule has 0 heterocycles. The molecule has 0 spiro atoms. The first-order valence-electron chi connectivity index (χ1n) is 39.3. The standard InChI is InChI=1S/C76H148O17P2/c1-9-68(7)54-46-38-30-23-25-33-42-50-58-75(80)92-71(62-86-73(78)56-48-40-32-22-20-18-16-14-12-11-13-15-17-19-21-28-36-44-52-66(3)4)64-90-94(82,83)88-60-70(77)61-89-95(84,85)91-65-72(63-87-74(79)57-49-41-35-27-29-37-45-53-67(5)6)93-76(81)59-51-43-34-26-24-31-39-47-55-69(8)10-2/h66-72,77H,9-65H2,1-8H3,(H,82,83)(H,84,85)/t68?,69?,70?,71-,72-/m1/s1. The molecule has 564 valence electrons. The minimum absolute atomic E-state index is 0.104. The Bertz CT molecular complexity index is 1870. The van der Waals surface area contributed by atoms with Crippen molar-refractivity contribution in [1.29, 1.82) is 0 Å². The van der Waals surface area contributed by atoms with E-state index >= 15 is 0 Å². The molecule has 0 aliphatic heterocycles. The van der Waals surface area contributed by atoms with E-state index in [-0.39, 0.29) is 25.7 Å². The molecule has 7 atom stereocenters. The van der Waals surface area contributed by atoms with Gasteiger partial charge in [0.25, 0.3) is 0 Å². The number of phosphoric acid groups is 2. The van der Waals surface area contributed by atoms with Gasteiger partial charge < -0.3 is 33.8 Å². The number of aliphatic hydroxyl groups excluding tert-OH is 1. The fourth-order valence-electron chi connectivity index (χ4n) is 11.5. The highest BCUT2D eigenvalue weighted by Gasteiger charge is 2.30. The average Bonchev–Trinajstić information content (AvgIpc) is 3.36. The van der Waals surface area contributed by atoms with Crippen LogP contribution in [0.4, 0.5) is 0 Å². The highest BCUT2D eigenvalue weighted by atomic mass is 31.2. The third-order valence-electron chi connectivity index (χ3n) is 18.3. The number of carbonyl (C=O) groups excluding carboxylic acids is 4. The maximum atomic E-state index is 13.1. The molecule has 95 heavy (non-hydrogen) atoms. The van der Waals surface area contributed by atoms with Gasteiger partial charge in [-0.2, -0.15) is 0 Å². The highest BCUT2D eigenvalue weighted by molar-refractivity contribution is 7.47. The van der Waals surface area contributed by atoms with Crippen molar-refractivity contribution in [2.75, 3.05) is 39.6 Å². The topological polar surface area (TPSA) is 237 Å². The van der Waals surface area contributed by atoms with E-state index in [4.69, 9.17) is 37.0 Å². The molecular formula is C76H148O17P2. The Balaban J connectivity index is 5.18. The largest absolute Gasteiger partial charge is 0.472 e. The Morgan fingerprint density at radius 1 is 0.295 bits per heavy atom. The molecule has 0 radical (unpaired) electrons. The lowest BCUT2D eigenvalue weighted by Gasteiger charge is -2.21. The number of unbranched alkanes of at least 4 members (excludes halogenated alkanes) is 37. The summed E-state index contributed by atoms with van der Waals surface area (Å²) < 4.78 is 68.5. The summed E-state index contributed by atoms with van der Waals surface area (Å²) in [5.74, 6) is 0.942. The molecule has 0 saturated heterocycles. The molecule has 0 aromatic heterocycles. The van der Waals surface area contributed by atoms with Crippen molar-refractivity contribution < 1.29 is 80.2 Å². The van der Waals surface area contributed by atoms with Crippen LogP contribution in [0.15, 0.2) is 0 Å². The zero-order valence-corrected chi connectivity index (χ0v) is 64.1. The first-order chi connectivity index (χ1) is 45.7. The Morgan fingerprint density at radius 2 is 0.505 bits per heavy atom. The van der Waals surface area contributed by atoms with Crippen LogP contribution in [0.5, 0.6) is 0 Å². The second-order valence-corrected chi connectivity index (χ2v) is 31.7. The zero-order chi connectivity index (χ0) is 70.3. The van der Waals surface area contributed by atoms with Gasteiger partial charge in [0.05, 0.1) is 26.4 Å². The van der Waals surface area contributed by atoms with Gasteiger partial charge in [-0.25, -0.2) is 9.13 Å². The van der Waals surface area contributed by atoms with Crippen molar-refractivity contribution in [3.63, 3.8) is 0 Å². The van der Waals surface area contributed by atoms with Crippen LogP contribution in [0.3, 0.4) is 0 Å². The molecule has 19 heteroatoms. The molecule has 0 amide bonds. The number of rotatable bonds is 73. The average molecular weight is 1400 g/mol. The summed E-state index contributed by atoms with van der Waals surface area (Å²) in [5.41, 5.74) is 0. The predicted molar refractivity (Wildman–Crippen MR) is 386 cm³/mol. The minimum Gasteiger partial charge on any atom is -0.462 e. The van der Waals surface area contributed by atoms with E-state index in [0.717, 1.165) is 114 Å². The lowest BCUT2D eigenvalue weighted by Crippen LogP contribution is -2.30. The number of phosphoric ester groups is 2. The normalized spacial score (nSPS) is 14.7. The monoisotopic (exact) mass is 1400 g/mol. The number of carbonyl (C=O) groups is 4. The van der Waals surface area contributed by atoms with Crippen molar-refractivity contribution in [3.05, 3.63) is 0 Å². The van der Waals surface area contributed by atoms with Crippen LogP contribution < -0.4 is 0 Å². The van der Waals surface area contributed by atoms with Gasteiger partial charge in [-0.05, 0) is 49.4 Å². The number of hydrogen-bond acceptors (Lipinski definition) is 15. The third-order valence-corrected chi connectivity index (χ3v) is 20.2. The van der Waals surface area contributed by atoms with Crippen LogP contribution in [0.1, 0.15) is 383 Å². The van der Waals surface area contributed by atoms with Gasteiger partial charge in [0.1, 0.15) is 19.3 Å². The smallest absolute Gasteiger partial charge is 0.462 e. The Labute approximate surface area is 581 Å². The van der Waals surface area contributed by atoms with Crippen LogP contribution in [0.2, 0.25) is 0 Å². The highest BCUT2D eigenvalue weighted by Crippen LogP contribution is 2.45. The molecule has 17 nitrogen and oxygen atoms in total. The molecule has 3 N–H and O–H groups in total. The summed E-state index contributed by atoms with van der Waals surface area (Å²) in [6.07, 6.45) is 50.1. The van der Waals surface area contributed by atoms with E-state index in [0.29, 0.717) is 31.6 Å². The second kappa shape index (κ2) is 65.4. The van der Waals surface area contributed by atoms with Crippen molar-refractivity contribution in [2.45, 2.75) is 401 Å². The molecular weight excluding hydrogens is 1250 g/mol. The van der Waals surface area contributed by atoms with Gasteiger partial charge in [0.15, 0.2) is 12.2 Å². The molecule has 0 rings (SSSR count). The van der Waals surface area contributed by atoms with Gasteiger partial charge >= 0.3 is 39.5 Å². The van der Waals surface area contributed by atoms with Crippen molar-refractivity contribution in [3.8, 4) is 0 Å². The molecule has 0 aliphatic rings. The Kier molecular flexibility index (Phi) is 64.0. The van der Waals surface area contributed by atoms with E-state index in [1.165, 1.54) is 180 Å². The van der Waals surface area contributed by atoms with Crippen LogP contribution in [0, 0.1) is 23.7 Å². The molecule has 5 unspecified atom stereocenters. The summed E-state index contributed by atoms with van der Waals surface area (Å²) >= 11 is 0. The van der Waals surface area contributed by atoms with Gasteiger partial charge in [-0.3, -0.25) is 37.3 Å². The van der Waals surface area contributed by atoms with E-state index in [1.54, 1.807) is 0 Å². The molecule has 0 saturated carbocycles. The molecule has 0 bridgehead atoms. The van der Waals surface area contributed by atoms with Crippen LogP contribution in [-0.2, 0) is 65.4 Å². The maximum absolute atomic E-state index is 13.1. The number of aliphatic hydroxyl groups is 1. The Morgan fingerprint density at radius 3 is 0.747 bits per heavy atom. The summed E-state index contributed by atoms with van der Waals surface area (Å²) in [7, 11) is -9.91. The van der Waals surface area contributed by atoms with Gasteiger partial charge in [0, 0.05) is 25.7 Å². The lowest BCUT2D eigenvalue weighted by atomic mass is 9.99. The first kappa shape index (κ1) is 93.1.